The second-order valence-corrected chi connectivity index (χ2v) is 9.99. The molecule has 4 rings (SSSR count). The second kappa shape index (κ2) is 12.7. The largest absolute Gasteiger partial charge is 0.490 e. The summed E-state index contributed by atoms with van der Waals surface area (Å²) in [5.41, 5.74) is 2.08. The molecule has 0 aliphatic carbocycles. The van der Waals surface area contributed by atoms with E-state index in [1.54, 1.807) is 49.4 Å². The number of ether oxygens (including phenoxy) is 2. The van der Waals surface area contributed by atoms with Gasteiger partial charge in [-0.15, -0.1) is 0 Å². The maximum atomic E-state index is 13.0. The van der Waals surface area contributed by atoms with E-state index in [4.69, 9.17) is 21.1 Å². The van der Waals surface area contributed by atoms with Crippen molar-refractivity contribution in [3.05, 3.63) is 97.4 Å². The molecule has 3 aromatic carbocycles. The minimum atomic E-state index is -0.556. The van der Waals surface area contributed by atoms with E-state index in [0.717, 1.165) is 22.2 Å². The fourth-order valence-corrected chi connectivity index (χ4v) is 4.81. The van der Waals surface area contributed by atoms with Gasteiger partial charge in [0.2, 0.25) is 0 Å². The highest BCUT2D eigenvalue weighted by Crippen LogP contribution is 2.36. The Labute approximate surface area is 239 Å². The third-order valence-corrected chi connectivity index (χ3v) is 7.08. The summed E-state index contributed by atoms with van der Waals surface area (Å²) in [6.07, 6.45) is 1.53. The normalized spacial score (nSPS) is 14.0. The van der Waals surface area contributed by atoms with Crippen LogP contribution in [0.5, 0.6) is 11.5 Å². The van der Waals surface area contributed by atoms with E-state index < -0.39 is 22.0 Å². The number of halogens is 1. The van der Waals surface area contributed by atoms with Gasteiger partial charge in [0.05, 0.1) is 23.0 Å². The van der Waals surface area contributed by atoms with Crippen LogP contribution in [0.15, 0.2) is 65.6 Å². The van der Waals surface area contributed by atoms with Gasteiger partial charge in [-0.25, -0.2) is 0 Å². The lowest BCUT2D eigenvalue weighted by molar-refractivity contribution is -0.385. The van der Waals surface area contributed by atoms with Crippen molar-refractivity contribution in [1.29, 1.82) is 0 Å². The number of aryl methyl sites for hydroxylation is 1. The Morgan fingerprint density at radius 1 is 1.10 bits per heavy atom. The lowest BCUT2D eigenvalue weighted by Gasteiger charge is -2.13. The fourth-order valence-electron chi connectivity index (χ4n) is 3.79. The Hall–Kier alpha value is -4.35. The van der Waals surface area contributed by atoms with E-state index >= 15 is 0 Å². The minimum Gasteiger partial charge on any atom is -0.490 e. The van der Waals surface area contributed by atoms with Crippen molar-refractivity contribution in [1.82, 2.24) is 4.90 Å². The van der Waals surface area contributed by atoms with Crippen LogP contribution in [-0.4, -0.2) is 40.1 Å². The molecule has 3 amide bonds. The molecule has 0 atom stereocenters. The third-order valence-electron chi connectivity index (χ3n) is 5.77. The molecule has 0 bridgehead atoms. The molecular weight excluding hydrogens is 558 g/mol. The molecule has 1 heterocycles. The number of imide groups is 1. The van der Waals surface area contributed by atoms with Gasteiger partial charge in [0.1, 0.15) is 0 Å². The van der Waals surface area contributed by atoms with Gasteiger partial charge in [-0.1, -0.05) is 41.9 Å². The Balaban J connectivity index is 1.46. The van der Waals surface area contributed by atoms with E-state index in [0.29, 0.717) is 34.4 Å². The lowest BCUT2D eigenvalue weighted by Crippen LogP contribution is -2.27. The van der Waals surface area contributed by atoms with Gasteiger partial charge in [-0.3, -0.25) is 29.4 Å². The average Bonchev–Trinajstić information content (AvgIpc) is 3.18. The summed E-state index contributed by atoms with van der Waals surface area (Å²) in [6, 6.07) is 16.0. The predicted molar refractivity (Wildman–Crippen MR) is 153 cm³/mol. The van der Waals surface area contributed by atoms with Crippen molar-refractivity contribution >= 4 is 57.9 Å². The number of anilines is 1. The van der Waals surface area contributed by atoms with Crippen molar-refractivity contribution in [3.63, 3.8) is 0 Å². The Morgan fingerprint density at radius 2 is 1.88 bits per heavy atom. The number of para-hydroxylation sites is 1. The van der Waals surface area contributed by atoms with Crippen molar-refractivity contribution in [2.45, 2.75) is 20.4 Å². The number of carbonyl (C=O) groups is 3. The molecule has 0 saturated carbocycles. The number of nitro groups is 1. The molecule has 0 spiro atoms. The van der Waals surface area contributed by atoms with Gasteiger partial charge in [-0.05, 0) is 67.1 Å². The van der Waals surface area contributed by atoms with Crippen LogP contribution in [0, 0.1) is 17.0 Å². The Morgan fingerprint density at radius 3 is 2.60 bits per heavy atom. The number of nitro benzene ring substituents is 1. The molecule has 10 nitrogen and oxygen atoms in total. The maximum absolute atomic E-state index is 13.0. The SMILES string of the molecule is CCOc1cc(/C=C2\SC(=O)N(Cc3ccccc3[N+](=O)[O-])C2=O)ccc1OCC(=O)Nc1ccc(C)c(Cl)c1. The predicted octanol–water partition coefficient (Wildman–Crippen LogP) is 6.21. The number of thioether (sulfide) groups is 1. The summed E-state index contributed by atoms with van der Waals surface area (Å²) >= 11 is 6.85. The van der Waals surface area contributed by atoms with E-state index in [9.17, 15) is 24.5 Å². The van der Waals surface area contributed by atoms with Crippen LogP contribution in [-0.2, 0) is 16.1 Å². The zero-order valence-electron chi connectivity index (χ0n) is 21.5. The van der Waals surface area contributed by atoms with Crippen LogP contribution in [0.25, 0.3) is 6.08 Å². The van der Waals surface area contributed by atoms with Crippen LogP contribution in [0.1, 0.15) is 23.6 Å². The molecule has 1 N–H and O–H groups in total. The first-order valence-corrected chi connectivity index (χ1v) is 13.3. The van der Waals surface area contributed by atoms with Crippen LogP contribution in [0.4, 0.5) is 16.2 Å². The number of nitrogens with one attached hydrogen (secondary N) is 1. The zero-order chi connectivity index (χ0) is 28.8. The smallest absolute Gasteiger partial charge is 0.293 e. The van der Waals surface area contributed by atoms with Gasteiger partial charge in [0.15, 0.2) is 18.1 Å². The molecular formula is C28H24ClN3O7S. The fraction of sp³-hybridized carbons (Fsp3) is 0.179. The van der Waals surface area contributed by atoms with Gasteiger partial charge in [0, 0.05) is 22.3 Å². The van der Waals surface area contributed by atoms with Crippen molar-refractivity contribution < 1.29 is 28.8 Å². The van der Waals surface area contributed by atoms with Gasteiger partial charge >= 0.3 is 0 Å². The Bertz CT molecular complexity index is 1530. The van der Waals surface area contributed by atoms with E-state index in [1.807, 2.05) is 6.92 Å². The molecule has 0 unspecified atom stereocenters. The quantitative estimate of drug-likeness (QED) is 0.170. The number of nitrogens with zero attached hydrogens (tertiary/aromatic N) is 2. The first-order valence-electron chi connectivity index (χ1n) is 12.1. The molecule has 0 radical (unpaired) electrons. The highest BCUT2D eigenvalue weighted by molar-refractivity contribution is 8.18. The molecule has 40 heavy (non-hydrogen) atoms. The van der Waals surface area contributed by atoms with Crippen LogP contribution in [0.2, 0.25) is 5.02 Å². The molecule has 206 valence electrons. The minimum absolute atomic E-state index is 0.163. The number of amides is 3. The molecule has 1 fully saturated rings. The number of hydrogen-bond donors (Lipinski definition) is 1. The maximum Gasteiger partial charge on any atom is 0.293 e. The van der Waals surface area contributed by atoms with Crippen molar-refractivity contribution in [3.8, 4) is 11.5 Å². The van der Waals surface area contributed by atoms with E-state index in [-0.39, 0.29) is 29.3 Å². The third kappa shape index (κ3) is 6.80. The van der Waals surface area contributed by atoms with Crippen molar-refractivity contribution in [2.24, 2.45) is 0 Å². The van der Waals surface area contributed by atoms with Crippen molar-refractivity contribution in [2.75, 3.05) is 18.5 Å². The highest BCUT2D eigenvalue weighted by Gasteiger charge is 2.36. The van der Waals surface area contributed by atoms with Crippen LogP contribution in [0.3, 0.4) is 0 Å². The number of hydrogen-bond acceptors (Lipinski definition) is 8. The first-order chi connectivity index (χ1) is 19.2. The highest BCUT2D eigenvalue weighted by atomic mass is 35.5. The number of benzene rings is 3. The van der Waals surface area contributed by atoms with Crippen LogP contribution < -0.4 is 14.8 Å². The van der Waals surface area contributed by atoms with E-state index in [1.165, 1.54) is 24.3 Å². The molecule has 1 saturated heterocycles. The summed E-state index contributed by atoms with van der Waals surface area (Å²) in [5.74, 6) is -0.278. The van der Waals surface area contributed by atoms with Crippen LogP contribution >= 0.6 is 23.4 Å². The summed E-state index contributed by atoms with van der Waals surface area (Å²) in [7, 11) is 0. The van der Waals surface area contributed by atoms with Gasteiger partial charge in [-0.2, -0.15) is 0 Å². The topological polar surface area (TPSA) is 128 Å². The summed E-state index contributed by atoms with van der Waals surface area (Å²) < 4.78 is 11.3. The zero-order valence-corrected chi connectivity index (χ0v) is 23.1. The average molecular weight is 582 g/mol. The van der Waals surface area contributed by atoms with Gasteiger partial charge in [0.25, 0.3) is 22.7 Å². The lowest BCUT2D eigenvalue weighted by atomic mass is 10.1. The first kappa shape index (κ1) is 28.7. The standard InChI is InChI=1S/C28H24ClN3O7S/c1-3-38-24-12-18(9-11-23(24)39-16-26(33)30-20-10-8-17(2)21(29)14-20)13-25-27(34)31(28(35)40-25)15-19-6-4-5-7-22(19)32(36)37/h4-14H,3,15-16H2,1-2H3,(H,30,33)/b25-13-. The molecule has 3 aromatic rings. The monoisotopic (exact) mass is 581 g/mol. The van der Waals surface area contributed by atoms with Gasteiger partial charge < -0.3 is 14.8 Å². The molecule has 0 aromatic heterocycles. The molecule has 1 aliphatic rings. The molecule has 12 heteroatoms. The number of carbonyl (C=O) groups excluding carboxylic acids is 3. The summed E-state index contributed by atoms with van der Waals surface area (Å²) in [6.45, 7) is 3.47. The molecule has 1 aliphatic heterocycles. The Kier molecular flexibility index (Phi) is 9.08. The number of rotatable bonds is 10. The second-order valence-electron chi connectivity index (χ2n) is 8.59. The van der Waals surface area contributed by atoms with E-state index in [2.05, 4.69) is 5.32 Å². The summed E-state index contributed by atoms with van der Waals surface area (Å²) in [5, 5.41) is 14.0. The summed E-state index contributed by atoms with van der Waals surface area (Å²) in [4.78, 5) is 49.9.